The Kier molecular flexibility index (Phi) is 18.7. The molecule has 0 aliphatic carbocycles. The second-order valence-corrected chi connectivity index (χ2v) is 7.51. The van der Waals surface area contributed by atoms with Crippen LogP contribution in [0.15, 0.2) is 0 Å². The lowest BCUT2D eigenvalue weighted by Crippen LogP contribution is -2.05. The van der Waals surface area contributed by atoms with Crippen LogP contribution in [0.5, 0.6) is 0 Å². The summed E-state index contributed by atoms with van der Waals surface area (Å²) >= 11 is 0. The van der Waals surface area contributed by atoms with Gasteiger partial charge in [0, 0.05) is 12.8 Å². The van der Waals surface area contributed by atoms with E-state index in [2.05, 4.69) is 13.8 Å². The number of hydrogen-bond acceptors (Lipinski definition) is 2. The lowest BCUT2D eigenvalue weighted by Gasteiger charge is -2.10. The van der Waals surface area contributed by atoms with Gasteiger partial charge in [0.1, 0.15) is 5.78 Å². The van der Waals surface area contributed by atoms with Crippen molar-refractivity contribution in [3.8, 4) is 0 Å². The zero-order chi connectivity index (χ0) is 17.9. The largest absolute Gasteiger partial charge is 0.393 e. The summed E-state index contributed by atoms with van der Waals surface area (Å²) in [7, 11) is 0. The van der Waals surface area contributed by atoms with Crippen LogP contribution in [0.2, 0.25) is 0 Å². The minimum atomic E-state index is -0.0689. The fraction of sp³-hybridized carbons (Fsp3) is 0.955. The number of carbonyl (C=O) groups is 1. The quantitative estimate of drug-likeness (QED) is 0.258. The molecule has 0 rings (SSSR count). The van der Waals surface area contributed by atoms with E-state index < -0.39 is 0 Å². The predicted octanol–water partition coefficient (Wildman–Crippen LogP) is 6.98. The van der Waals surface area contributed by atoms with Gasteiger partial charge in [-0.3, -0.25) is 4.79 Å². The molecule has 1 N–H and O–H groups in total. The van der Waals surface area contributed by atoms with Crippen LogP contribution in [-0.2, 0) is 4.79 Å². The molecule has 0 aromatic rings. The topological polar surface area (TPSA) is 37.3 Å². The van der Waals surface area contributed by atoms with Crippen LogP contribution >= 0.6 is 0 Å². The molecule has 0 aromatic carbocycles. The summed E-state index contributed by atoms with van der Waals surface area (Å²) in [4.78, 5) is 11.6. The molecule has 2 nitrogen and oxygen atoms in total. The van der Waals surface area contributed by atoms with Gasteiger partial charge >= 0.3 is 0 Å². The summed E-state index contributed by atoms with van der Waals surface area (Å²) in [5, 5.41) is 9.92. The normalized spacial score (nSPS) is 12.5. The van der Waals surface area contributed by atoms with Gasteiger partial charge in [-0.05, 0) is 25.7 Å². The van der Waals surface area contributed by atoms with E-state index in [0.29, 0.717) is 5.78 Å². The first-order valence-corrected chi connectivity index (χ1v) is 10.9. The van der Waals surface area contributed by atoms with E-state index in [1.54, 1.807) is 0 Å². The first kappa shape index (κ1) is 23.6. The number of carbonyl (C=O) groups excluding carboxylic acids is 1. The van der Waals surface area contributed by atoms with E-state index >= 15 is 0 Å². The molecule has 1 atom stereocenters. The molecule has 0 amide bonds. The molecule has 0 fully saturated rings. The number of aliphatic hydroxyl groups excluding tert-OH is 1. The van der Waals surface area contributed by atoms with Crippen LogP contribution in [0.25, 0.3) is 0 Å². The van der Waals surface area contributed by atoms with E-state index in [9.17, 15) is 9.90 Å². The van der Waals surface area contributed by atoms with Crippen molar-refractivity contribution in [3.05, 3.63) is 0 Å². The van der Waals surface area contributed by atoms with Crippen molar-refractivity contribution in [3.63, 3.8) is 0 Å². The van der Waals surface area contributed by atoms with Crippen molar-refractivity contribution in [2.45, 2.75) is 136 Å². The van der Waals surface area contributed by atoms with Gasteiger partial charge in [-0.15, -0.1) is 0 Å². The third-order valence-corrected chi connectivity index (χ3v) is 4.94. The van der Waals surface area contributed by atoms with Crippen molar-refractivity contribution in [1.29, 1.82) is 0 Å². The fourth-order valence-electron chi connectivity index (χ4n) is 3.23. The molecular weight excluding hydrogens is 296 g/mol. The van der Waals surface area contributed by atoms with Crippen LogP contribution in [-0.4, -0.2) is 17.0 Å². The number of ketones is 1. The van der Waals surface area contributed by atoms with Gasteiger partial charge in [-0.1, -0.05) is 90.9 Å². The van der Waals surface area contributed by atoms with Crippen LogP contribution in [0, 0.1) is 0 Å². The molecule has 144 valence electrons. The van der Waals surface area contributed by atoms with E-state index in [1.165, 1.54) is 77.0 Å². The summed E-state index contributed by atoms with van der Waals surface area (Å²) in [5.41, 5.74) is 0. The summed E-state index contributed by atoms with van der Waals surface area (Å²) in [5.74, 6) is 0.469. The highest BCUT2D eigenvalue weighted by molar-refractivity contribution is 5.78. The summed E-state index contributed by atoms with van der Waals surface area (Å²) in [6.07, 6.45) is 20.6. The summed E-state index contributed by atoms with van der Waals surface area (Å²) in [6, 6.07) is 0. The minimum absolute atomic E-state index is 0.0689. The van der Waals surface area contributed by atoms with E-state index in [0.717, 1.165) is 38.5 Å². The van der Waals surface area contributed by atoms with Crippen molar-refractivity contribution < 1.29 is 9.90 Å². The molecule has 0 radical (unpaired) electrons. The van der Waals surface area contributed by atoms with Gasteiger partial charge in [0.15, 0.2) is 0 Å². The first-order valence-electron chi connectivity index (χ1n) is 10.9. The Labute approximate surface area is 151 Å². The Bertz CT molecular complexity index is 263. The Balaban J connectivity index is 3.20. The SMILES string of the molecule is CCCCCCC(O)CCCCCCCCCC(=O)CCCCC. The third kappa shape index (κ3) is 18.0. The molecule has 0 aliphatic rings. The predicted molar refractivity (Wildman–Crippen MR) is 105 cm³/mol. The molecule has 0 saturated heterocycles. The lowest BCUT2D eigenvalue weighted by molar-refractivity contribution is -0.119. The van der Waals surface area contributed by atoms with Crippen molar-refractivity contribution in [2.24, 2.45) is 0 Å². The average molecular weight is 341 g/mol. The third-order valence-electron chi connectivity index (χ3n) is 4.94. The van der Waals surface area contributed by atoms with Crippen molar-refractivity contribution in [2.75, 3.05) is 0 Å². The molecule has 0 aromatic heterocycles. The van der Waals surface area contributed by atoms with Gasteiger partial charge < -0.3 is 5.11 Å². The van der Waals surface area contributed by atoms with Gasteiger partial charge in [0.2, 0.25) is 0 Å². The van der Waals surface area contributed by atoms with Gasteiger partial charge in [0.05, 0.1) is 6.10 Å². The maximum Gasteiger partial charge on any atom is 0.132 e. The standard InChI is InChI=1S/C22H44O2/c1-3-5-7-14-18-22(24)20-16-12-10-8-9-11-15-19-21(23)17-13-6-4-2/h22,24H,3-20H2,1-2H3. The molecule has 2 heteroatoms. The molecule has 24 heavy (non-hydrogen) atoms. The smallest absolute Gasteiger partial charge is 0.132 e. The average Bonchev–Trinajstić information content (AvgIpc) is 2.57. The lowest BCUT2D eigenvalue weighted by atomic mass is 10.0. The van der Waals surface area contributed by atoms with E-state index in [-0.39, 0.29) is 6.10 Å². The number of Topliss-reactive ketones (excluding diaryl/α,β-unsaturated/α-hetero) is 1. The number of unbranched alkanes of at least 4 members (excludes halogenated alkanes) is 11. The van der Waals surface area contributed by atoms with E-state index in [1.807, 2.05) is 0 Å². The van der Waals surface area contributed by atoms with Crippen LogP contribution in [0.1, 0.15) is 129 Å². The van der Waals surface area contributed by atoms with Gasteiger partial charge in [0.25, 0.3) is 0 Å². The van der Waals surface area contributed by atoms with Crippen molar-refractivity contribution >= 4 is 5.78 Å². The van der Waals surface area contributed by atoms with Gasteiger partial charge in [-0.2, -0.15) is 0 Å². The van der Waals surface area contributed by atoms with Crippen LogP contribution < -0.4 is 0 Å². The molecular formula is C22H44O2. The number of aliphatic hydroxyl groups is 1. The zero-order valence-electron chi connectivity index (χ0n) is 16.7. The summed E-state index contributed by atoms with van der Waals surface area (Å²) < 4.78 is 0. The molecule has 0 bridgehead atoms. The Morgan fingerprint density at radius 1 is 0.625 bits per heavy atom. The van der Waals surface area contributed by atoms with Crippen LogP contribution in [0.3, 0.4) is 0 Å². The monoisotopic (exact) mass is 340 g/mol. The molecule has 1 unspecified atom stereocenters. The first-order chi connectivity index (χ1) is 11.7. The second-order valence-electron chi connectivity index (χ2n) is 7.51. The van der Waals surface area contributed by atoms with Gasteiger partial charge in [-0.25, -0.2) is 0 Å². The fourth-order valence-corrected chi connectivity index (χ4v) is 3.23. The highest BCUT2D eigenvalue weighted by Gasteiger charge is 2.04. The molecule has 0 saturated carbocycles. The zero-order valence-corrected chi connectivity index (χ0v) is 16.7. The van der Waals surface area contributed by atoms with Crippen LogP contribution in [0.4, 0.5) is 0 Å². The summed E-state index contributed by atoms with van der Waals surface area (Å²) in [6.45, 7) is 4.40. The highest BCUT2D eigenvalue weighted by Crippen LogP contribution is 2.14. The number of rotatable bonds is 19. The minimum Gasteiger partial charge on any atom is -0.393 e. The molecule has 0 heterocycles. The molecule has 0 spiro atoms. The number of hydrogen-bond donors (Lipinski definition) is 1. The maximum absolute atomic E-state index is 11.6. The van der Waals surface area contributed by atoms with E-state index in [4.69, 9.17) is 0 Å². The Morgan fingerprint density at radius 2 is 1.00 bits per heavy atom. The van der Waals surface area contributed by atoms with Crippen molar-refractivity contribution in [1.82, 2.24) is 0 Å². The maximum atomic E-state index is 11.6. The highest BCUT2D eigenvalue weighted by atomic mass is 16.3. The Hall–Kier alpha value is -0.370. The Morgan fingerprint density at radius 3 is 1.54 bits per heavy atom. The second kappa shape index (κ2) is 19.0. The molecule has 0 aliphatic heterocycles.